The summed E-state index contributed by atoms with van der Waals surface area (Å²) in [6, 6.07) is 11.7. The van der Waals surface area contributed by atoms with Gasteiger partial charge in [0.1, 0.15) is 19.0 Å². The van der Waals surface area contributed by atoms with Crippen molar-refractivity contribution in [1.29, 1.82) is 0 Å². The first-order valence-corrected chi connectivity index (χ1v) is 9.76. The highest BCUT2D eigenvalue weighted by Crippen LogP contribution is 2.32. The third-order valence-electron chi connectivity index (χ3n) is 5.16. The van der Waals surface area contributed by atoms with Gasteiger partial charge in [0.2, 0.25) is 5.91 Å². The number of pyridine rings is 1. The molecule has 0 spiro atoms. The number of nitrogens with one attached hydrogen (secondary N) is 1. The number of anilines is 1. The number of ether oxygens (including phenoxy) is 2. The maximum atomic E-state index is 12.5. The van der Waals surface area contributed by atoms with Crippen LogP contribution in [0.3, 0.4) is 0 Å². The molecule has 0 radical (unpaired) electrons. The number of nitrogens with zero attached hydrogens (tertiary/aromatic N) is 3. The molecule has 2 aliphatic rings. The van der Waals surface area contributed by atoms with Gasteiger partial charge in [0.05, 0.1) is 12.6 Å². The lowest BCUT2D eigenvalue weighted by Crippen LogP contribution is -2.49. The molecule has 28 heavy (non-hydrogen) atoms. The van der Waals surface area contributed by atoms with Gasteiger partial charge >= 0.3 is 0 Å². The van der Waals surface area contributed by atoms with Crippen LogP contribution in [0, 0.1) is 0 Å². The van der Waals surface area contributed by atoms with Crippen LogP contribution in [0.4, 0.5) is 5.82 Å². The molecule has 1 fully saturated rings. The zero-order valence-electron chi connectivity index (χ0n) is 16.1. The number of rotatable bonds is 5. The van der Waals surface area contributed by atoms with Crippen molar-refractivity contribution in [3.05, 3.63) is 48.2 Å². The minimum Gasteiger partial charge on any atom is -0.486 e. The molecule has 1 N–H and O–H groups in total. The second-order valence-electron chi connectivity index (χ2n) is 7.14. The molecule has 0 saturated carbocycles. The van der Waals surface area contributed by atoms with Gasteiger partial charge < -0.3 is 19.7 Å². The van der Waals surface area contributed by atoms with Gasteiger partial charge in [-0.05, 0) is 36.8 Å². The summed E-state index contributed by atoms with van der Waals surface area (Å²) in [4.78, 5) is 21.3. The molecule has 1 aromatic heterocycles. The number of amides is 1. The predicted molar refractivity (Wildman–Crippen MR) is 107 cm³/mol. The minimum absolute atomic E-state index is 0.0358. The van der Waals surface area contributed by atoms with Crippen LogP contribution in [0.5, 0.6) is 11.5 Å². The van der Waals surface area contributed by atoms with E-state index in [9.17, 15) is 4.79 Å². The van der Waals surface area contributed by atoms with Crippen molar-refractivity contribution in [3.63, 3.8) is 0 Å². The topological polar surface area (TPSA) is 66.9 Å². The van der Waals surface area contributed by atoms with E-state index in [0.29, 0.717) is 19.8 Å². The van der Waals surface area contributed by atoms with Crippen LogP contribution in [-0.2, 0) is 4.79 Å². The number of carbonyl (C=O) groups is 1. The molecule has 3 heterocycles. The van der Waals surface area contributed by atoms with Crippen LogP contribution in [-0.4, -0.2) is 61.7 Å². The van der Waals surface area contributed by atoms with Crippen molar-refractivity contribution in [2.45, 2.75) is 13.0 Å². The molecule has 7 heteroatoms. The van der Waals surface area contributed by atoms with E-state index in [-0.39, 0.29) is 11.9 Å². The summed E-state index contributed by atoms with van der Waals surface area (Å²) in [6.45, 7) is 6.98. The maximum absolute atomic E-state index is 12.5. The van der Waals surface area contributed by atoms with Crippen molar-refractivity contribution in [2.75, 3.05) is 50.8 Å². The van der Waals surface area contributed by atoms with Crippen LogP contribution in [0.2, 0.25) is 0 Å². The Bertz CT molecular complexity index is 807. The Hall–Kier alpha value is -2.80. The molecule has 2 aromatic rings. The smallest absolute Gasteiger partial charge is 0.234 e. The zero-order chi connectivity index (χ0) is 19.3. The Morgan fingerprint density at radius 2 is 1.89 bits per heavy atom. The van der Waals surface area contributed by atoms with E-state index < -0.39 is 0 Å². The van der Waals surface area contributed by atoms with Crippen LogP contribution in [0.25, 0.3) is 0 Å². The highest BCUT2D eigenvalue weighted by Gasteiger charge is 2.21. The van der Waals surface area contributed by atoms with Gasteiger partial charge in [-0.2, -0.15) is 0 Å². The molecule has 148 valence electrons. The molecule has 0 unspecified atom stereocenters. The average Bonchev–Trinajstić information content (AvgIpc) is 2.74. The second kappa shape index (κ2) is 8.48. The Morgan fingerprint density at radius 3 is 2.64 bits per heavy atom. The highest BCUT2D eigenvalue weighted by atomic mass is 16.6. The maximum Gasteiger partial charge on any atom is 0.234 e. The van der Waals surface area contributed by atoms with E-state index in [1.165, 1.54) is 0 Å². The lowest BCUT2D eigenvalue weighted by atomic mass is 10.1. The van der Waals surface area contributed by atoms with Gasteiger partial charge in [-0.1, -0.05) is 12.1 Å². The molecule has 0 aliphatic carbocycles. The molecule has 1 aromatic carbocycles. The number of aromatic nitrogens is 1. The predicted octanol–water partition coefficient (Wildman–Crippen LogP) is 1.85. The largest absolute Gasteiger partial charge is 0.486 e. The fourth-order valence-corrected chi connectivity index (χ4v) is 3.58. The third-order valence-corrected chi connectivity index (χ3v) is 5.16. The van der Waals surface area contributed by atoms with Gasteiger partial charge in [0.25, 0.3) is 0 Å². The molecule has 1 saturated heterocycles. The number of fused-ring (bicyclic) bond motifs is 1. The quantitative estimate of drug-likeness (QED) is 0.851. The number of benzene rings is 1. The second-order valence-corrected chi connectivity index (χ2v) is 7.14. The van der Waals surface area contributed by atoms with Crippen molar-refractivity contribution in [1.82, 2.24) is 15.2 Å². The fourth-order valence-electron chi connectivity index (χ4n) is 3.58. The van der Waals surface area contributed by atoms with Gasteiger partial charge in [-0.15, -0.1) is 0 Å². The summed E-state index contributed by atoms with van der Waals surface area (Å²) in [6.07, 6.45) is 1.81. The SMILES string of the molecule is C[C@H](NC(=O)CN1CCN(c2ccccn2)CC1)c1ccc2c(c1)OCCO2. The van der Waals surface area contributed by atoms with Crippen LogP contribution in [0.15, 0.2) is 42.6 Å². The van der Waals surface area contributed by atoms with Crippen LogP contribution >= 0.6 is 0 Å². The van der Waals surface area contributed by atoms with Crippen molar-refractivity contribution in [3.8, 4) is 11.5 Å². The van der Waals surface area contributed by atoms with E-state index in [1.54, 1.807) is 0 Å². The molecular formula is C21H26N4O3. The van der Waals surface area contributed by atoms with E-state index in [1.807, 2.05) is 49.5 Å². The Balaban J connectivity index is 1.27. The normalized spacial score (nSPS) is 17.8. The van der Waals surface area contributed by atoms with Gasteiger partial charge in [0.15, 0.2) is 11.5 Å². The molecule has 7 nitrogen and oxygen atoms in total. The number of hydrogen-bond acceptors (Lipinski definition) is 6. The number of piperazine rings is 1. The molecule has 1 atom stereocenters. The molecule has 4 rings (SSSR count). The molecule has 0 bridgehead atoms. The lowest BCUT2D eigenvalue weighted by Gasteiger charge is -2.35. The standard InChI is InChI=1S/C21H26N4O3/c1-16(17-5-6-18-19(14-17)28-13-12-27-18)23-21(26)15-24-8-10-25(11-9-24)20-4-2-3-7-22-20/h2-7,14,16H,8-13,15H2,1H3,(H,23,26)/t16-/m0/s1. The fraction of sp³-hybridized carbons (Fsp3) is 0.429. The van der Waals surface area contributed by atoms with Crippen molar-refractivity contribution in [2.24, 2.45) is 0 Å². The Labute approximate surface area is 165 Å². The lowest BCUT2D eigenvalue weighted by molar-refractivity contribution is -0.123. The summed E-state index contributed by atoms with van der Waals surface area (Å²) in [5, 5.41) is 3.09. The van der Waals surface area contributed by atoms with E-state index in [0.717, 1.165) is 49.1 Å². The Kier molecular flexibility index (Phi) is 5.62. The van der Waals surface area contributed by atoms with Crippen LogP contribution in [0.1, 0.15) is 18.5 Å². The first kappa shape index (κ1) is 18.6. The van der Waals surface area contributed by atoms with E-state index in [2.05, 4.69) is 20.1 Å². The van der Waals surface area contributed by atoms with E-state index >= 15 is 0 Å². The zero-order valence-corrected chi connectivity index (χ0v) is 16.1. The highest BCUT2D eigenvalue weighted by molar-refractivity contribution is 5.78. The summed E-state index contributed by atoms with van der Waals surface area (Å²) >= 11 is 0. The third kappa shape index (κ3) is 4.36. The van der Waals surface area contributed by atoms with Crippen molar-refractivity contribution >= 4 is 11.7 Å². The Morgan fingerprint density at radius 1 is 1.11 bits per heavy atom. The first-order valence-electron chi connectivity index (χ1n) is 9.76. The summed E-state index contributed by atoms with van der Waals surface area (Å²) in [5.74, 6) is 2.54. The number of carbonyl (C=O) groups excluding carboxylic acids is 1. The monoisotopic (exact) mass is 382 g/mol. The van der Waals surface area contributed by atoms with Gasteiger partial charge in [-0.25, -0.2) is 4.98 Å². The number of hydrogen-bond donors (Lipinski definition) is 1. The minimum atomic E-state index is -0.0851. The van der Waals surface area contributed by atoms with Crippen LogP contribution < -0.4 is 19.7 Å². The first-order chi connectivity index (χ1) is 13.7. The molecule has 1 amide bonds. The average molecular weight is 382 g/mol. The summed E-state index contributed by atoms with van der Waals surface area (Å²) in [5.41, 5.74) is 1.01. The molecular weight excluding hydrogens is 356 g/mol. The summed E-state index contributed by atoms with van der Waals surface area (Å²) < 4.78 is 11.2. The summed E-state index contributed by atoms with van der Waals surface area (Å²) in [7, 11) is 0. The van der Waals surface area contributed by atoms with Gasteiger partial charge in [0, 0.05) is 32.4 Å². The van der Waals surface area contributed by atoms with Gasteiger partial charge in [-0.3, -0.25) is 9.69 Å². The van der Waals surface area contributed by atoms with E-state index in [4.69, 9.17) is 9.47 Å². The molecule has 2 aliphatic heterocycles. The van der Waals surface area contributed by atoms with Crippen molar-refractivity contribution < 1.29 is 14.3 Å².